The lowest BCUT2D eigenvalue weighted by Gasteiger charge is -1.99. The van der Waals surface area contributed by atoms with E-state index in [0.29, 0.717) is 0 Å². The smallest absolute Gasteiger partial charge is 0.404 e. The van der Waals surface area contributed by atoms with Crippen LogP contribution in [0.2, 0.25) is 0 Å². The van der Waals surface area contributed by atoms with Gasteiger partial charge in [0.05, 0.1) is 0 Å². The van der Waals surface area contributed by atoms with Crippen LogP contribution in [-0.4, -0.2) is 6.09 Å². The van der Waals surface area contributed by atoms with Crippen molar-refractivity contribution in [2.24, 2.45) is 5.73 Å². The van der Waals surface area contributed by atoms with Crippen molar-refractivity contribution >= 4 is 6.09 Å². The maximum absolute atomic E-state index is 10.2. The Hall–Kier alpha value is -1.55. The van der Waals surface area contributed by atoms with Crippen molar-refractivity contribution in [2.45, 2.75) is 6.61 Å². The van der Waals surface area contributed by atoms with Gasteiger partial charge in [0.15, 0.2) is 0 Å². The van der Waals surface area contributed by atoms with Crippen LogP contribution >= 0.6 is 0 Å². The quantitative estimate of drug-likeness (QED) is 0.703. The van der Waals surface area contributed by atoms with E-state index in [4.69, 9.17) is 5.73 Å². The number of rotatable bonds is 2. The molecule has 3 radical (unpaired) electrons. The van der Waals surface area contributed by atoms with E-state index in [9.17, 15) is 4.79 Å². The molecule has 0 heterocycles. The first-order valence-electron chi connectivity index (χ1n) is 3.25. The second kappa shape index (κ2) is 5.15. The van der Waals surface area contributed by atoms with Crippen LogP contribution in [0.4, 0.5) is 4.79 Å². The molecule has 1 aromatic carbocycles. The number of nitrogens with zero attached hydrogens (tertiary/aromatic N) is 1. The fourth-order valence-electron chi connectivity index (χ4n) is 0.729. The molecule has 1 aromatic rings. The molecule has 4 heteroatoms. The van der Waals surface area contributed by atoms with Gasteiger partial charge in [-0.2, -0.15) is 0 Å². The Kier molecular flexibility index (Phi) is 4.48. The van der Waals surface area contributed by atoms with Crippen molar-refractivity contribution in [2.75, 3.05) is 0 Å². The largest absolute Gasteiger partial charge is 0.445 e. The minimum Gasteiger partial charge on any atom is -0.445 e. The van der Waals surface area contributed by atoms with Gasteiger partial charge < -0.3 is 10.5 Å². The Morgan fingerprint density at radius 3 is 2.42 bits per heavy atom. The molecule has 1 amide bonds. The summed E-state index contributed by atoms with van der Waals surface area (Å²) in [5.41, 5.74) is 5.72. The summed E-state index contributed by atoms with van der Waals surface area (Å²) in [5, 5.41) is 0. The second-order valence-electron chi connectivity index (χ2n) is 2.09. The van der Waals surface area contributed by atoms with Gasteiger partial charge in [0, 0.05) is 6.15 Å². The zero-order chi connectivity index (χ0) is 8.10. The molecular weight excluding hydrogens is 156 g/mol. The highest BCUT2D eigenvalue weighted by Crippen LogP contribution is 1.99. The van der Waals surface area contributed by atoms with Gasteiger partial charge in [-0.25, -0.2) is 4.79 Å². The highest BCUT2D eigenvalue weighted by Gasteiger charge is 1.93. The summed E-state index contributed by atoms with van der Waals surface area (Å²) in [5.74, 6) is 0. The van der Waals surface area contributed by atoms with Crippen LogP contribution in [0.1, 0.15) is 5.56 Å². The van der Waals surface area contributed by atoms with Crippen molar-refractivity contribution in [1.82, 2.24) is 6.15 Å². The number of hydrogen-bond donors (Lipinski definition) is 1. The summed E-state index contributed by atoms with van der Waals surface area (Å²) >= 11 is 0. The maximum atomic E-state index is 10.2. The summed E-state index contributed by atoms with van der Waals surface area (Å²) in [6.45, 7) is 0.246. The molecule has 2 N–H and O–H groups in total. The van der Waals surface area contributed by atoms with E-state index in [-0.39, 0.29) is 12.8 Å². The van der Waals surface area contributed by atoms with Crippen molar-refractivity contribution in [3.63, 3.8) is 0 Å². The third-order valence-electron chi connectivity index (χ3n) is 1.22. The molecule has 0 aromatic heterocycles. The van der Waals surface area contributed by atoms with Crippen LogP contribution in [0.25, 0.3) is 0 Å². The normalized spacial score (nSPS) is 8.33. The second-order valence-corrected chi connectivity index (χ2v) is 2.09. The van der Waals surface area contributed by atoms with E-state index < -0.39 is 6.09 Å². The van der Waals surface area contributed by atoms with Crippen LogP contribution in [0.15, 0.2) is 30.3 Å². The molecule has 4 nitrogen and oxygen atoms in total. The lowest BCUT2D eigenvalue weighted by molar-refractivity contribution is 0.150. The van der Waals surface area contributed by atoms with Gasteiger partial charge in [0.1, 0.15) is 6.61 Å². The summed E-state index contributed by atoms with van der Waals surface area (Å²) < 4.78 is 4.57. The Balaban J connectivity index is 0.00000121. The zero-order valence-corrected chi connectivity index (χ0v) is 6.43. The average Bonchev–Trinajstić information content (AvgIpc) is 2.03. The minimum atomic E-state index is -0.742. The Bertz CT molecular complexity index is 236. The average molecular weight is 165 g/mol. The summed E-state index contributed by atoms with van der Waals surface area (Å²) in [7, 11) is 0. The number of carbonyl (C=O) groups excluding carboxylic acids is 1. The third kappa shape index (κ3) is 3.58. The van der Waals surface area contributed by atoms with Crippen molar-refractivity contribution < 1.29 is 9.53 Å². The van der Waals surface area contributed by atoms with E-state index in [1.165, 1.54) is 0 Å². The van der Waals surface area contributed by atoms with Gasteiger partial charge in [-0.05, 0) is 5.56 Å². The van der Waals surface area contributed by atoms with E-state index >= 15 is 0 Å². The lowest BCUT2D eigenvalue weighted by atomic mass is 10.2. The van der Waals surface area contributed by atoms with Crippen LogP contribution in [-0.2, 0) is 11.3 Å². The molecule has 0 unspecified atom stereocenters. The van der Waals surface area contributed by atoms with Gasteiger partial charge in [-0.3, -0.25) is 0 Å². The molecule has 0 saturated carbocycles. The van der Waals surface area contributed by atoms with E-state index in [0.717, 1.165) is 5.56 Å². The molecule has 0 bridgehead atoms. The number of ether oxygens (including phenoxy) is 1. The fourth-order valence-corrected chi connectivity index (χ4v) is 0.729. The summed E-state index contributed by atoms with van der Waals surface area (Å²) in [6, 6.07) is 9.37. The molecule has 12 heavy (non-hydrogen) atoms. The number of carbonyl (C=O) groups is 1. The highest BCUT2D eigenvalue weighted by atomic mass is 16.5. The third-order valence-corrected chi connectivity index (χ3v) is 1.22. The SMILES string of the molecule is NC(=O)OCc1ccccc1.[N]. The Morgan fingerprint density at radius 2 is 1.92 bits per heavy atom. The first-order chi connectivity index (χ1) is 5.29. The zero-order valence-electron chi connectivity index (χ0n) is 6.43. The number of amides is 1. The number of hydrogen-bond acceptors (Lipinski definition) is 2. The van der Waals surface area contributed by atoms with Crippen molar-refractivity contribution in [1.29, 1.82) is 0 Å². The molecule has 0 atom stereocenters. The number of primary amides is 1. The Morgan fingerprint density at radius 1 is 1.33 bits per heavy atom. The van der Waals surface area contributed by atoms with E-state index in [1.807, 2.05) is 30.3 Å². The maximum Gasteiger partial charge on any atom is 0.404 e. The van der Waals surface area contributed by atoms with Gasteiger partial charge in [-0.15, -0.1) is 0 Å². The molecule has 0 fully saturated rings. The standard InChI is InChI=1S/C8H9NO2.N/c9-8(10)11-6-7-4-2-1-3-5-7;/h1-5H,6H2,(H2,9,10);. The summed E-state index contributed by atoms with van der Waals surface area (Å²) in [6.07, 6.45) is -0.742. The van der Waals surface area contributed by atoms with Crippen LogP contribution in [0, 0.1) is 0 Å². The van der Waals surface area contributed by atoms with Crippen LogP contribution < -0.4 is 11.9 Å². The fraction of sp³-hybridized carbons (Fsp3) is 0.125. The van der Waals surface area contributed by atoms with Gasteiger partial charge in [0.2, 0.25) is 0 Å². The topological polar surface area (TPSA) is 82.8 Å². The molecule has 63 valence electrons. The molecule has 0 spiro atoms. The number of nitrogens with two attached hydrogens (primary N) is 1. The first kappa shape index (κ1) is 10.4. The first-order valence-corrected chi connectivity index (χ1v) is 3.25. The lowest BCUT2D eigenvalue weighted by Crippen LogP contribution is -2.12. The summed E-state index contributed by atoms with van der Waals surface area (Å²) in [4.78, 5) is 10.2. The predicted octanol–water partition coefficient (Wildman–Crippen LogP) is 0.801. The van der Waals surface area contributed by atoms with Crippen LogP contribution in [0.5, 0.6) is 0 Å². The molecule has 0 aliphatic carbocycles. The monoisotopic (exact) mass is 165 g/mol. The van der Waals surface area contributed by atoms with Crippen LogP contribution in [0.3, 0.4) is 0 Å². The molecule has 0 saturated heterocycles. The number of benzene rings is 1. The van der Waals surface area contributed by atoms with Gasteiger partial charge in [0.25, 0.3) is 0 Å². The van der Waals surface area contributed by atoms with Gasteiger partial charge in [-0.1, -0.05) is 30.3 Å². The van der Waals surface area contributed by atoms with Crippen molar-refractivity contribution in [3.05, 3.63) is 35.9 Å². The van der Waals surface area contributed by atoms with Crippen molar-refractivity contribution in [3.8, 4) is 0 Å². The van der Waals surface area contributed by atoms with Gasteiger partial charge >= 0.3 is 6.09 Å². The molecular formula is C8H9N2O2. The Labute approximate surface area is 70.9 Å². The predicted molar refractivity (Wildman–Crippen MR) is 42.9 cm³/mol. The van der Waals surface area contributed by atoms with E-state index in [1.54, 1.807) is 0 Å². The molecule has 0 aliphatic rings. The minimum absolute atomic E-state index is 0. The molecule has 0 aliphatic heterocycles. The highest BCUT2D eigenvalue weighted by molar-refractivity contribution is 5.64. The molecule has 1 rings (SSSR count). The van der Waals surface area contributed by atoms with E-state index in [2.05, 4.69) is 4.74 Å².